The minimum Gasteiger partial charge on any atom is -0.395 e. The van der Waals surface area contributed by atoms with E-state index in [0.29, 0.717) is 13.0 Å². The van der Waals surface area contributed by atoms with Gasteiger partial charge in [0.25, 0.3) is 0 Å². The van der Waals surface area contributed by atoms with Crippen molar-refractivity contribution in [3.05, 3.63) is 0 Å². The van der Waals surface area contributed by atoms with Crippen LogP contribution in [0.15, 0.2) is 0 Å². The highest BCUT2D eigenvalue weighted by Gasteiger charge is 2.01. The summed E-state index contributed by atoms with van der Waals surface area (Å²) in [6.45, 7) is 3.29. The van der Waals surface area contributed by atoms with Crippen LogP contribution in [0.3, 0.4) is 0 Å². The monoisotopic (exact) mass is 203 g/mol. The maximum absolute atomic E-state index is 10.9. The molecule has 84 valence electrons. The van der Waals surface area contributed by atoms with Crippen molar-refractivity contribution in [2.75, 3.05) is 46.9 Å². The summed E-state index contributed by atoms with van der Waals surface area (Å²) in [6.07, 6.45) is 0.535. The standard InChI is InChI=1S/C9H21N3O2/c1-10-9(14)3-6-12(2)7-4-11-5-8-13/h11,13H,3-8H2,1-2H3,(H,10,14). The van der Waals surface area contributed by atoms with Crippen molar-refractivity contribution in [1.82, 2.24) is 15.5 Å². The molecule has 0 spiro atoms. The van der Waals surface area contributed by atoms with Crippen LogP contribution < -0.4 is 10.6 Å². The molecule has 0 aromatic heterocycles. The second-order valence-electron chi connectivity index (χ2n) is 3.20. The van der Waals surface area contributed by atoms with Gasteiger partial charge in [-0.15, -0.1) is 0 Å². The van der Waals surface area contributed by atoms with Crippen LogP contribution in [0.25, 0.3) is 0 Å². The van der Waals surface area contributed by atoms with Gasteiger partial charge in [-0.05, 0) is 7.05 Å². The van der Waals surface area contributed by atoms with E-state index < -0.39 is 0 Å². The van der Waals surface area contributed by atoms with Crippen LogP contribution in [-0.2, 0) is 4.79 Å². The fourth-order valence-corrected chi connectivity index (χ4v) is 1.00. The zero-order valence-corrected chi connectivity index (χ0v) is 9.05. The lowest BCUT2D eigenvalue weighted by molar-refractivity contribution is -0.120. The Balaban J connectivity index is 3.27. The van der Waals surface area contributed by atoms with Gasteiger partial charge in [0.05, 0.1) is 6.61 Å². The van der Waals surface area contributed by atoms with E-state index in [9.17, 15) is 4.79 Å². The number of nitrogens with zero attached hydrogens (tertiary/aromatic N) is 1. The largest absolute Gasteiger partial charge is 0.395 e. The van der Waals surface area contributed by atoms with Crippen LogP contribution in [0, 0.1) is 0 Å². The Kier molecular flexibility index (Phi) is 8.51. The lowest BCUT2D eigenvalue weighted by atomic mass is 10.3. The number of aliphatic hydroxyl groups excluding tert-OH is 1. The minimum atomic E-state index is 0.0696. The van der Waals surface area contributed by atoms with Gasteiger partial charge in [0, 0.05) is 39.6 Å². The number of amides is 1. The van der Waals surface area contributed by atoms with Crippen molar-refractivity contribution in [1.29, 1.82) is 0 Å². The average molecular weight is 203 g/mol. The average Bonchev–Trinajstić information content (AvgIpc) is 2.21. The molecule has 0 saturated heterocycles. The molecule has 0 aliphatic heterocycles. The number of hydrogen-bond acceptors (Lipinski definition) is 4. The van der Waals surface area contributed by atoms with Gasteiger partial charge in [-0.3, -0.25) is 4.79 Å². The summed E-state index contributed by atoms with van der Waals surface area (Å²) in [4.78, 5) is 13.0. The normalized spacial score (nSPS) is 10.6. The second-order valence-corrected chi connectivity index (χ2v) is 3.20. The quantitative estimate of drug-likeness (QED) is 0.426. The molecule has 3 N–H and O–H groups in total. The topological polar surface area (TPSA) is 64.6 Å². The van der Waals surface area contributed by atoms with Crippen molar-refractivity contribution in [2.24, 2.45) is 0 Å². The van der Waals surface area contributed by atoms with Crippen LogP contribution in [0.1, 0.15) is 6.42 Å². The Morgan fingerprint density at radius 3 is 2.64 bits per heavy atom. The maximum Gasteiger partial charge on any atom is 0.221 e. The summed E-state index contributed by atoms with van der Waals surface area (Å²) >= 11 is 0. The fraction of sp³-hybridized carbons (Fsp3) is 0.889. The van der Waals surface area contributed by atoms with Crippen molar-refractivity contribution < 1.29 is 9.90 Å². The lowest BCUT2D eigenvalue weighted by Gasteiger charge is -2.15. The first-order valence-electron chi connectivity index (χ1n) is 4.91. The summed E-state index contributed by atoms with van der Waals surface area (Å²) in [6, 6.07) is 0. The van der Waals surface area contributed by atoms with Crippen LogP contribution >= 0.6 is 0 Å². The number of carbonyl (C=O) groups is 1. The number of likely N-dealkylation sites (N-methyl/N-ethyl adjacent to an activating group) is 1. The molecule has 0 rings (SSSR count). The first kappa shape index (κ1) is 13.4. The van der Waals surface area contributed by atoms with E-state index in [-0.39, 0.29) is 12.5 Å². The number of hydrogen-bond donors (Lipinski definition) is 3. The molecule has 0 fully saturated rings. The lowest BCUT2D eigenvalue weighted by Crippen LogP contribution is -2.33. The Morgan fingerprint density at radius 2 is 2.07 bits per heavy atom. The molecule has 0 radical (unpaired) electrons. The third-order valence-electron chi connectivity index (χ3n) is 1.96. The zero-order chi connectivity index (χ0) is 10.8. The van der Waals surface area contributed by atoms with Crippen molar-refractivity contribution in [3.63, 3.8) is 0 Å². The minimum absolute atomic E-state index is 0.0696. The van der Waals surface area contributed by atoms with Gasteiger partial charge in [0.1, 0.15) is 0 Å². The molecule has 0 saturated carbocycles. The molecule has 0 aliphatic rings. The van der Waals surface area contributed by atoms with Gasteiger partial charge in [-0.1, -0.05) is 0 Å². The number of rotatable bonds is 8. The van der Waals surface area contributed by atoms with Gasteiger partial charge < -0.3 is 20.6 Å². The molecule has 1 amide bonds. The van der Waals surface area contributed by atoms with E-state index in [2.05, 4.69) is 15.5 Å². The van der Waals surface area contributed by atoms with E-state index >= 15 is 0 Å². The van der Waals surface area contributed by atoms with Gasteiger partial charge in [-0.25, -0.2) is 0 Å². The molecule has 0 aromatic carbocycles. The SMILES string of the molecule is CNC(=O)CCN(C)CCNCCO. The molecule has 5 heteroatoms. The number of carbonyl (C=O) groups excluding carboxylic acids is 1. The maximum atomic E-state index is 10.9. The molecule has 0 unspecified atom stereocenters. The predicted molar refractivity (Wildman–Crippen MR) is 56.1 cm³/mol. The van der Waals surface area contributed by atoms with Crippen molar-refractivity contribution in [3.8, 4) is 0 Å². The predicted octanol–water partition coefficient (Wildman–Crippen LogP) is -1.36. The third kappa shape index (κ3) is 7.97. The second kappa shape index (κ2) is 8.93. The smallest absolute Gasteiger partial charge is 0.221 e. The highest BCUT2D eigenvalue weighted by molar-refractivity contribution is 5.75. The fourth-order valence-electron chi connectivity index (χ4n) is 1.00. The van der Waals surface area contributed by atoms with E-state index in [1.807, 2.05) is 7.05 Å². The van der Waals surface area contributed by atoms with Gasteiger partial charge in [0.15, 0.2) is 0 Å². The third-order valence-corrected chi connectivity index (χ3v) is 1.96. The molecular weight excluding hydrogens is 182 g/mol. The first-order chi connectivity index (χ1) is 6.70. The van der Waals surface area contributed by atoms with Crippen molar-refractivity contribution >= 4 is 5.91 Å². The molecular formula is C9H21N3O2. The number of aliphatic hydroxyl groups is 1. The van der Waals surface area contributed by atoms with Crippen LogP contribution in [0.4, 0.5) is 0 Å². The Morgan fingerprint density at radius 1 is 1.36 bits per heavy atom. The Hall–Kier alpha value is -0.650. The summed E-state index contributed by atoms with van der Waals surface area (Å²) in [5.74, 6) is 0.0696. The molecule has 0 bridgehead atoms. The number of nitrogens with one attached hydrogen (secondary N) is 2. The van der Waals surface area contributed by atoms with Crippen LogP contribution in [0.5, 0.6) is 0 Å². The Bertz CT molecular complexity index is 153. The highest BCUT2D eigenvalue weighted by atomic mass is 16.3. The zero-order valence-electron chi connectivity index (χ0n) is 9.05. The van der Waals surface area contributed by atoms with Gasteiger partial charge in [-0.2, -0.15) is 0 Å². The van der Waals surface area contributed by atoms with Gasteiger partial charge >= 0.3 is 0 Å². The van der Waals surface area contributed by atoms with Gasteiger partial charge in [0.2, 0.25) is 5.91 Å². The molecule has 5 nitrogen and oxygen atoms in total. The molecule has 14 heavy (non-hydrogen) atoms. The Labute approximate surface area is 85.5 Å². The summed E-state index contributed by atoms with van der Waals surface area (Å²) in [5, 5.41) is 14.2. The van der Waals surface area contributed by atoms with E-state index in [4.69, 9.17) is 5.11 Å². The summed E-state index contributed by atoms with van der Waals surface area (Å²) in [7, 11) is 3.62. The van der Waals surface area contributed by atoms with E-state index in [1.54, 1.807) is 7.05 Å². The first-order valence-corrected chi connectivity index (χ1v) is 4.91. The summed E-state index contributed by atoms with van der Waals surface area (Å²) in [5.41, 5.74) is 0. The van der Waals surface area contributed by atoms with Crippen LogP contribution in [-0.4, -0.2) is 62.8 Å². The highest BCUT2D eigenvalue weighted by Crippen LogP contribution is 1.86. The van der Waals surface area contributed by atoms with E-state index in [0.717, 1.165) is 19.6 Å². The van der Waals surface area contributed by atoms with Crippen molar-refractivity contribution in [2.45, 2.75) is 6.42 Å². The molecule has 0 heterocycles. The molecule has 0 aromatic rings. The molecule has 0 atom stereocenters. The van der Waals surface area contributed by atoms with Crippen LogP contribution in [0.2, 0.25) is 0 Å². The molecule has 0 aliphatic carbocycles. The summed E-state index contributed by atoms with van der Waals surface area (Å²) < 4.78 is 0. The van der Waals surface area contributed by atoms with E-state index in [1.165, 1.54) is 0 Å².